The van der Waals surface area contributed by atoms with Crippen LogP contribution in [0, 0.1) is 5.92 Å². The highest BCUT2D eigenvalue weighted by atomic mass is 16.6. The largest absolute Gasteiger partial charge is 0.461 e. The van der Waals surface area contributed by atoms with Crippen LogP contribution in [0.15, 0.2) is 0 Å². The van der Waals surface area contributed by atoms with Gasteiger partial charge in [0.25, 0.3) is 5.79 Å². The van der Waals surface area contributed by atoms with Gasteiger partial charge >= 0.3 is 5.97 Å². The first-order valence-electron chi connectivity index (χ1n) is 3.14. The van der Waals surface area contributed by atoms with Crippen LogP contribution in [-0.2, 0) is 9.53 Å². The summed E-state index contributed by atoms with van der Waals surface area (Å²) in [5.41, 5.74) is 0. The molecule has 4 nitrogen and oxygen atoms in total. The second-order valence-electron chi connectivity index (χ2n) is 2.72. The fraction of sp³-hybridized carbons (Fsp3) is 0.833. The minimum absolute atomic E-state index is 0.0210. The molecule has 0 amide bonds. The lowest BCUT2D eigenvalue weighted by Gasteiger charge is -2.28. The van der Waals surface area contributed by atoms with Crippen LogP contribution in [0.1, 0.15) is 13.3 Å². The predicted molar refractivity (Wildman–Crippen MR) is 31.9 cm³/mol. The molecule has 10 heavy (non-hydrogen) atoms. The van der Waals surface area contributed by atoms with Gasteiger partial charge in [-0.15, -0.1) is 0 Å². The van der Waals surface area contributed by atoms with Gasteiger partial charge in [-0.3, -0.25) is 0 Å². The Balaban J connectivity index is 2.63. The molecule has 0 aromatic heterocycles. The van der Waals surface area contributed by atoms with E-state index in [1.54, 1.807) is 6.92 Å². The summed E-state index contributed by atoms with van der Waals surface area (Å²) in [4.78, 5) is 10.5. The Hall–Kier alpha value is -0.610. The van der Waals surface area contributed by atoms with E-state index in [-0.39, 0.29) is 18.9 Å². The monoisotopic (exact) mass is 146 g/mol. The SMILES string of the molecule is CC1COC(=O)C(O)(O)C1. The molecule has 1 rings (SSSR count). The molecule has 0 spiro atoms. The van der Waals surface area contributed by atoms with E-state index in [0.717, 1.165) is 0 Å². The van der Waals surface area contributed by atoms with Gasteiger partial charge in [0, 0.05) is 6.42 Å². The summed E-state index contributed by atoms with van der Waals surface area (Å²) >= 11 is 0. The van der Waals surface area contributed by atoms with Gasteiger partial charge in [-0.2, -0.15) is 0 Å². The third-order valence-corrected chi connectivity index (χ3v) is 1.46. The maximum atomic E-state index is 10.5. The molecule has 58 valence electrons. The summed E-state index contributed by atoms with van der Waals surface area (Å²) in [6.45, 7) is 2.06. The van der Waals surface area contributed by atoms with E-state index in [1.807, 2.05) is 0 Å². The minimum Gasteiger partial charge on any atom is -0.461 e. The number of esters is 1. The number of cyclic esters (lactones) is 1. The van der Waals surface area contributed by atoms with E-state index < -0.39 is 11.8 Å². The van der Waals surface area contributed by atoms with E-state index in [2.05, 4.69) is 4.74 Å². The number of carbonyl (C=O) groups is 1. The summed E-state index contributed by atoms with van der Waals surface area (Å²) in [5.74, 6) is -3.17. The maximum absolute atomic E-state index is 10.5. The first kappa shape index (κ1) is 7.50. The third kappa shape index (κ3) is 1.27. The van der Waals surface area contributed by atoms with E-state index in [1.165, 1.54) is 0 Å². The second kappa shape index (κ2) is 2.21. The summed E-state index contributed by atoms with van der Waals surface area (Å²) in [6.07, 6.45) is 0.0613. The average molecular weight is 146 g/mol. The van der Waals surface area contributed by atoms with Gasteiger partial charge in [-0.1, -0.05) is 6.92 Å². The first-order valence-corrected chi connectivity index (χ1v) is 3.14. The molecule has 1 saturated heterocycles. The van der Waals surface area contributed by atoms with Crippen LogP contribution >= 0.6 is 0 Å². The van der Waals surface area contributed by atoms with Crippen molar-refractivity contribution in [3.8, 4) is 0 Å². The van der Waals surface area contributed by atoms with E-state index in [9.17, 15) is 4.79 Å². The van der Waals surface area contributed by atoms with E-state index in [4.69, 9.17) is 10.2 Å². The highest BCUT2D eigenvalue weighted by Gasteiger charge is 2.40. The zero-order valence-corrected chi connectivity index (χ0v) is 5.70. The normalized spacial score (nSPS) is 31.5. The fourth-order valence-corrected chi connectivity index (χ4v) is 0.962. The first-order chi connectivity index (χ1) is 4.52. The van der Waals surface area contributed by atoms with Crippen molar-refractivity contribution in [2.45, 2.75) is 19.1 Å². The third-order valence-electron chi connectivity index (χ3n) is 1.46. The zero-order valence-electron chi connectivity index (χ0n) is 5.70. The van der Waals surface area contributed by atoms with Crippen LogP contribution in [0.5, 0.6) is 0 Å². The molecule has 2 N–H and O–H groups in total. The molecule has 4 heteroatoms. The van der Waals surface area contributed by atoms with Crippen LogP contribution in [0.4, 0.5) is 0 Å². The summed E-state index contributed by atoms with van der Waals surface area (Å²) in [6, 6.07) is 0. The van der Waals surface area contributed by atoms with Crippen LogP contribution in [0.25, 0.3) is 0 Å². The molecule has 1 aliphatic heterocycles. The van der Waals surface area contributed by atoms with Gasteiger partial charge in [0.05, 0.1) is 6.61 Å². The lowest BCUT2D eigenvalue weighted by molar-refractivity contribution is -0.228. The van der Waals surface area contributed by atoms with Gasteiger partial charge in [-0.05, 0) is 5.92 Å². The van der Waals surface area contributed by atoms with Gasteiger partial charge < -0.3 is 14.9 Å². The van der Waals surface area contributed by atoms with Crippen molar-refractivity contribution in [3.63, 3.8) is 0 Å². The molecule has 0 bridgehead atoms. The molecule has 0 saturated carbocycles. The van der Waals surface area contributed by atoms with Crippen LogP contribution in [0.2, 0.25) is 0 Å². The van der Waals surface area contributed by atoms with Crippen molar-refractivity contribution in [3.05, 3.63) is 0 Å². The topological polar surface area (TPSA) is 66.8 Å². The van der Waals surface area contributed by atoms with Crippen molar-refractivity contribution in [1.82, 2.24) is 0 Å². The Morgan fingerprint density at radius 2 is 2.30 bits per heavy atom. The molecule has 1 heterocycles. The average Bonchev–Trinajstić information content (AvgIpc) is 1.78. The molecular formula is C6H10O4. The summed E-state index contributed by atoms with van der Waals surface area (Å²) < 4.78 is 4.47. The van der Waals surface area contributed by atoms with Gasteiger partial charge in [-0.25, -0.2) is 4.79 Å². The van der Waals surface area contributed by atoms with Gasteiger partial charge in [0.2, 0.25) is 0 Å². The number of aliphatic hydroxyl groups is 2. The van der Waals surface area contributed by atoms with Crippen molar-refractivity contribution in [1.29, 1.82) is 0 Å². The highest BCUT2D eigenvalue weighted by Crippen LogP contribution is 2.21. The van der Waals surface area contributed by atoms with Crippen molar-refractivity contribution in [2.75, 3.05) is 6.61 Å². The molecule has 1 atom stereocenters. The molecule has 1 fully saturated rings. The van der Waals surface area contributed by atoms with E-state index in [0.29, 0.717) is 0 Å². The lowest BCUT2D eigenvalue weighted by Crippen LogP contribution is -2.46. The van der Waals surface area contributed by atoms with Crippen molar-refractivity contribution >= 4 is 5.97 Å². The zero-order chi connectivity index (χ0) is 7.78. The Morgan fingerprint density at radius 1 is 1.70 bits per heavy atom. The number of hydrogen-bond donors (Lipinski definition) is 2. The quantitative estimate of drug-likeness (QED) is 0.348. The summed E-state index contributed by atoms with van der Waals surface area (Å²) in [5, 5.41) is 17.8. The van der Waals surface area contributed by atoms with Crippen molar-refractivity contribution < 1.29 is 19.7 Å². The highest BCUT2D eigenvalue weighted by molar-refractivity contribution is 5.77. The van der Waals surface area contributed by atoms with Crippen LogP contribution in [0.3, 0.4) is 0 Å². The van der Waals surface area contributed by atoms with E-state index >= 15 is 0 Å². The Labute approximate surface area is 58.4 Å². The number of ether oxygens (including phenoxy) is 1. The minimum atomic E-state index is -2.25. The predicted octanol–water partition coefficient (Wildman–Crippen LogP) is -0.750. The standard InChI is InChI=1S/C6H10O4/c1-4-2-6(8,9)5(7)10-3-4/h4,8-9H,2-3H2,1H3. The van der Waals surface area contributed by atoms with Crippen LogP contribution in [-0.4, -0.2) is 28.6 Å². The van der Waals surface area contributed by atoms with Crippen molar-refractivity contribution in [2.24, 2.45) is 5.92 Å². The molecule has 1 unspecified atom stereocenters. The molecule has 1 aliphatic rings. The molecule has 0 aliphatic carbocycles. The molecule has 0 radical (unpaired) electrons. The number of hydrogen-bond acceptors (Lipinski definition) is 4. The maximum Gasteiger partial charge on any atom is 0.366 e. The molecule has 0 aromatic rings. The molecular weight excluding hydrogens is 136 g/mol. The molecule has 0 aromatic carbocycles. The van der Waals surface area contributed by atoms with Gasteiger partial charge in [0.1, 0.15) is 0 Å². The van der Waals surface area contributed by atoms with Crippen LogP contribution < -0.4 is 0 Å². The fourth-order valence-electron chi connectivity index (χ4n) is 0.962. The summed E-state index contributed by atoms with van der Waals surface area (Å²) in [7, 11) is 0. The second-order valence-corrected chi connectivity index (χ2v) is 2.72. The Kier molecular flexibility index (Phi) is 1.66. The Morgan fingerprint density at radius 3 is 2.70 bits per heavy atom. The number of carbonyl (C=O) groups excluding carboxylic acids is 1. The Bertz CT molecular complexity index is 152. The van der Waals surface area contributed by atoms with Gasteiger partial charge in [0.15, 0.2) is 0 Å². The lowest BCUT2D eigenvalue weighted by atomic mass is 9.99. The number of rotatable bonds is 0. The smallest absolute Gasteiger partial charge is 0.366 e.